The molecule has 0 saturated carbocycles. The van der Waals surface area contributed by atoms with Crippen LogP contribution in [0.5, 0.6) is 0 Å². The molecule has 0 unspecified atom stereocenters. The molecule has 3 aromatic heterocycles. The molecule has 364 valence electrons. The molecule has 0 spiro atoms. The maximum absolute atomic E-state index is 7.17. The van der Waals surface area contributed by atoms with E-state index < -0.39 is 0 Å². The van der Waals surface area contributed by atoms with Gasteiger partial charge in [0.05, 0.1) is 16.4 Å². The van der Waals surface area contributed by atoms with E-state index in [0.717, 1.165) is 67.1 Å². The molecular formula is C68H71N3O. The highest BCUT2D eigenvalue weighted by Gasteiger charge is 2.28. The first-order chi connectivity index (χ1) is 33.8. The number of benzene rings is 8. The van der Waals surface area contributed by atoms with Crippen LogP contribution in [-0.4, -0.2) is 4.40 Å². The first kappa shape index (κ1) is 47.3. The topological polar surface area (TPSA) is 24.0 Å². The minimum absolute atomic E-state index is 0.0421. The fourth-order valence-corrected chi connectivity index (χ4v) is 10.9. The third-order valence-corrected chi connectivity index (χ3v) is 15.3. The first-order valence-corrected chi connectivity index (χ1v) is 26.0. The van der Waals surface area contributed by atoms with Gasteiger partial charge in [0.1, 0.15) is 11.1 Å². The van der Waals surface area contributed by atoms with Crippen molar-refractivity contribution in [2.75, 3.05) is 9.80 Å². The van der Waals surface area contributed by atoms with Gasteiger partial charge in [0.2, 0.25) is 0 Å². The number of anilines is 6. The largest absolute Gasteiger partial charge is 0.454 e. The van der Waals surface area contributed by atoms with Crippen molar-refractivity contribution >= 4 is 94.2 Å². The van der Waals surface area contributed by atoms with E-state index in [1.165, 1.54) is 54.9 Å². The maximum atomic E-state index is 7.17. The summed E-state index contributed by atoms with van der Waals surface area (Å²) in [5, 5.41) is 7.07. The van der Waals surface area contributed by atoms with Gasteiger partial charge in [-0.3, -0.25) is 0 Å². The molecule has 0 atom stereocenters. The molecule has 3 heterocycles. The van der Waals surface area contributed by atoms with Crippen LogP contribution >= 0.6 is 0 Å². The van der Waals surface area contributed by atoms with Gasteiger partial charge in [0.15, 0.2) is 5.58 Å². The summed E-state index contributed by atoms with van der Waals surface area (Å²) < 4.78 is 9.70. The second kappa shape index (κ2) is 16.2. The summed E-state index contributed by atoms with van der Waals surface area (Å²) in [6.45, 7) is 34.2. The molecule has 0 fully saturated rings. The Bertz CT molecular complexity index is 3720. The molecule has 0 amide bonds. The average Bonchev–Trinajstić information content (AvgIpc) is 3.96. The molecule has 0 saturated heterocycles. The van der Waals surface area contributed by atoms with Gasteiger partial charge in [-0.15, -0.1) is 0 Å². The predicted octanol–water partition coefficient (Wildman–Crippen LogP) is 20.2. The quantitative estimate of drug-likeness (QED) is 0.166. The molecule has 11 rings (SSSR count). The van der Waals surface area contributed by atoms with Gasteiger partial charge in [-0.05, 0) is 157 Å². The van der Waals surface area contributed by atoms with E-state index in [1.54, 1.807) is 0 Å². The lowest BCUT2D eigenvalue weighted by molar-refractivity contribution is 0.590. The van der Waals surface area contributed by atoms with Gasteiger partial charge in [0, 0.05) is 50.3 Å². The SMILES string of the molecule is CC(C)(C)c1ccc(N(c2ccc(C(C)(C)C)cc2)c2ccc3cc4c5ccc(N(c6ccc(C(C)(C)C)cc6)c6ccc(C(C)(C)C)cc6)cc5n5c6c7cc(C(C)(C)C)ccc7oc6c(c3c2)c45)cc1. The van der Waals surface area contributed by atoms with Crippen LogP contribution in [0, 0.1) is 0 Å². The van der Waals surface area contributed by atoms with Gasteiger partial charge in [-0.2, -0.15) is 0 Å². The Morgan fingerprint density at radius 1 is 0.319 bits per heavy atom. The average molecular weight is 946 g/mol. The van der Waals surface area contributed by atoms with E-state index >= 15 is 0 Å². The number of hydrogen-bond acceptors (Lipinski definition) is 3. The van der Waals surface area contributed by atoms with E-state index in [1.807, 2.05) is 0 Å². The fraction of sp³-hybridized carbons (Fsp3) is 0.294. The maximum Gasteiger partial charge on any atom is 0.162 e. The lowest BCUT2D eigenvalue weighted by Crippen LogP contribution is -2.14. The van der Waals surface area contributed by atoms with Gasteiger partial charge in [-0.25, -0.2) is 0 Å². The molecular weight excluding hydrogens is 875 g/mol. The van der Waals surface area contributed by atoms with Crippen LogP contribution in [-0.2, 0) is 27.1 Å². The van der Waals surface area contributed by atoms with E-state index in [0.29, 0.717) is 0 Å². The van der Waals surface area contributed by atoms with Crippen molar-refractivity contribution < 1.29 is 4.42 Å². The van der Waals surface area contributed by atoms with Crippen LogP contribution in [0.2, 0.25) is 0 Å². The molecule has 4 nitrogen and oxygen atoms in total. The Labute approximate surface area is 427 Å². The first-order valence-electron chi connectivity index (χ1n) is 26.0. The van der Waals surface area contributed by atoms with Crippen molar-refractivity contribution in [1.82, 2.24) is 4.40 Å². The van der Waals surface area contributed by atoms with Gasteiger partial charge in [-0.1, -0.05) is 171 Å². The number of hydrogen-bond donors (Lipinski definition) is 0. The molecule has 0 radical (unpaired) electrons. The third-order valence-electron chi connectivity index (χ3n) is 15.3. The van der Waals surface area contributed by atoms with E-state index in [2.05, 4.69) is 276 Å². The zero-order valence-electron chi connectivity index (χ0n) is 45.3. The second-order valence-electron chi connectivity index (χ2n) is 25.7. The summed E-state index contributed by atoms with van der Waals surface area (Å²) >= 11 is 0. The molecule has 72 heavy (non-hydrogen) atoms. The summed E-state index contributed by atoms with van der Waals surface area (Å²) in [4.78, 5) is 4.84. The molecule has 11 aromatic rings. The zero-order valence-corrected chi connectivity index (χ0v) is 45.3. The van der Waals surface area contributed by atoms with Crippen LogP contribution < -0.4 is 9.80 Å². The van der Waals surface area contributed by atoms with E-state index in [-0.39, 0.29) is 27.1 Å². The van der Waals surface area contributed by atoms with Crippen molar-refractivity contribution in [2.24, 2.45) is 0 Å². The Morgan fingerprint density at radius 3 is 1.14 bits per heavy atom. The Hall–Kier alpha value is -7.04. The van der Waals surface area contributed by atoms with E-state index in [4.69, 9.17) is 4.42 Å². The van der Waals surface area contributed by atoms with Crippen molar-refractivity contribution in [2.45, 2.75) is 131 Å². The highest BCUT2D eigenvalue weighted by atomic mass is 16.3. The van der Waals surface area contributed by atoms with Crippen LogP contribution in [0.15, 0.2) is 162 Å². The van der Waals surface area contributed by atoms with Crippen LogP contribution in [0.3, 0.4) is 0 Å². The fourth-order valence-electron chi connectivity index (χ4n) is 10.9. The Balaban J connectivity index is 1.19. The van der Waals surface area contributed by atoms with Gasteiger partial charge >= 0.3 is 0 Å². The molecule has 0 aliphatic rings. The van der Waals surface area contributed by atoms with Crippen molar-refractivity contribution in [3.63, 3.8) is 0 Å². The van der Waals surface area contributed by atoms with Crippen molar-refractivity contribution in [1.29, 1.82) is 0 Å². The minimum atomic E-state index is -0.0438. The highest BCUT2D eigenvalue weighted by molar-refractivity contribution is 6.33. The van der Waals surface area contributed by atoms with Crippen LogP contribution in [0.25, 0.3) is 60.0 Å². The molecule has 0 aliphatic heterocycles. The summed E-state index contributed by atoms with van der Waals surface area (Å²) in [5.41, 5.74) is 18.6. The number of nitrogens with zero attached hydrogens (tertiary/aromatic N) is 3. The molecule has 0 aliphatic carbocycles. The van der Waals surface area contributed by atoms with Crippen LogP contribution in [0.1, 0.15) is 132 Å². The number of furan rings is 1. The number of rotatable bonds is 6. The predicted molar refractivity (Wildman–Crippen MR) is 311 cm³/mol. The second-order valence-corrected chi connectivity index (χ2v) is 25.7. The lowest BCUT2D eigenvalue weighted by atomic mass is 9.86. The summed E-state index contributed by atoms with van der Waals surface area (Å²) in [5.74, 6) is 0. The monoisotopic (exact) mass is 946 g/mol. The Morgan fingerprint density at radius 2 is 0.708 bits per heavy atom. The van der Waals surface area contributed by atoms with E-state index in [9.17, 15) is 0 Å². The van der Waals surface area contributed by atoms with Gasteiger partial charge < -0.3 is 18.6 Å². The van der Waals surface area contributed by atoms with Crippen molar-refractivity contribution in [3.8, 4) is 0 Å². The third kappa shape index (κ3) is 7.99. The zero-order chi connectivity index (χ0) is 51.0. The summed E-state index contributed by atoms with van der Waals surface area (Å²) in [7, 11) is 0. The minimum Gasteiger partial charge on any atom is -0.454 e. The summed E-state index contributed by atoms with van der Waals surface area (Å²) in [6.07, 6.45) is 0. The molecule has 8 aromatic carbocycles. The highest BCUT2D eigenvalue weighted by Crippen LogP contribution is 2.50. The summed E-state index contributed by atoms with van der Waals surface area (Å²) in [6, 6.07) is 59.9. The standard InChI is InChI=1S/C68H71N3O/c1-64(2,3)43-17-27-48(28-18-43)69(49-29-19-44(20-30-49)65(4,5)6)52-26-16-42-38-56-54-36-35-53(70(50-31-21-45(22-32-50)66(7,8)9)51-33-23-46(24-34-51)67(10,11)12)41-58(54)71-61(56)60(55(42)40-52)63-62(71)57-39-47(68(13,14)15)25-37-59(57)72-63/h16-41H,1-15H3. The number of aromatic nitrogens is 1. The van der Waals surface area contributed by atoms with Crippen LogP contribution in [0.4, 0.5) is 34.1 Å². The molecule has 0 N–H and O–H groups in total. The van der Waals surface area contributed by atoms with Gasteiger partial charge in [0.25, 0.3) is 0 Å². The molecule has 4 heteroatoms. The molecule has 0 bridgehead atoms. The normalized spacial score (nSPS) is 13.2. The van der Waals surface area contributed by atoms with Crippen molar-refractivity contribution in [3.05, 3.63) is 186 Å². The number of fused-ring (bicyclic) bond motifs is 10. The Kier molecular flexibility index (Phi) is 10.7. The lowest BCUT2D eigenvalue weighted by Gasteiger charge is -2.28. The smallest absolute Gasteiger partial charge is 0.162 e.